The zero-order chi connectivity index (χ0) is 15.5. The zero-order valence-electron chi connectivity index (χ0n) is 11.2. The van der Waals surface area contributed by atoms with E-state index >= 15 is 0 Å². The zero-order valence-corrected chi connectivity index (χ0v) is 11.2. The normalized spacial score (nSPS) is 10.4. The number of hydrogen-bond acceptors (Lipinski definition) is 5. The number of hydrogen-bond donors (Lipinski definition) is 1. The minimum atomic E-state index is -1.04. The highest BCUT2D eigenvalue weighted by molar-refractivity contribution is 5.88. The molecular weight excluding hydrogens is 284 g/mol. The van der Waals surface area contributed by atoms with Gasteiger partial charge in [-0.3, -0.25) is 9.78 Å². The Labute approximate surface area is 124 Å². The lowest BCUT2D eigenvalue weighted by molar-refractivity contribution is 0.0696. The lowest BCUT2D eigenvalue weighted by atomic mass is 10.1. The van der Waals surface area contributed by atoms with Crippen LogP contribution < -0.4 is 0 Å². The van der Waals surface area contributed by atoms with Gasteiger partial charge in [-0.15, -0.1) is 5.10 Å². The van der Waals surface area contributed by atoms with Gasteiger partial charge in [0.2, 0.25) is 0 Å². The first-order valence-corrected chi connectivity index (χ1v) is 6.35. The first kappa shape index (κ1) is 13.6. The number of aromatic nitrogens is 4. The second kappa shape index (κ2) is 5.57. The molecule has 0 fully saturated rings. The van der Waals surface area contributed by atoms with Crippen molar-refractivity contribution in [3.63, 3.8) is 0 Å². The van der Waals surface area contributed by atoms with E-state index in [2.05, 4.69) is 15.3 Å². The number of rotatable bonds is 4. The van der Waals surface area contributed by atoms with Crippen LogP contribution in [0.1, 0.15) is 20.8 Å². The van der Waals surface area contributed by atoms with E-state index in [1.54, 1.807) is 36.7 Å². The summed E-state index contributed by atoms with van der Waals surface area (Å²) in [7, 11) is 0. The van der Waals surface area contributed by atoms with Gasteiger partial charge in [0.15, 0.2) is 12.0 Å². The maximum absolute atomic E-state index is 11.2. The van der Waals surface area contributed by atoms with E-state index in [1.165, 1.54) is 16.8 Å². The highest BCUT2D eigenvalue weighted by Crippen LogP contribution is 2.24. The summed E-state index contributed by atoms with van der Waals surface area (Å²) >= 11 is 0. The molecule has 0 aliphatic carbocycles. The maximum Gasteiger partial charge on any atom is 0.335 e. The van der Waals surface area contributed by atoms with Gasteiger partial charge in [0, 0.05) is 18.0 Å². The fraction of sp³-hybridized carbons (Fsp3) is 0. The number of carbonyl (C=O) groups excluding carboxylic acids is 1. The minimum Gasteiger partial charge on any atom is -0.478 e. The lowest BCUT2D eigenvalue weighted by Gasteiger charge is -2.07. The fourth-order valence-corrected chi connectivity index (χ4v) is 2.10. The van der Waals surface area contributed by atoms with Crippen molar-refractivity contribution in [3.05, 3.63) is 60.0 Å². The van der Waals surface area contributed by atoms with E-state index in [1.807, 2.05) is 0 Å². The summed E-state index contributed by atoms with van der Waals surface area (Å²) in [5, 5.41) is 16.9. The SMILES string of the molecule is O=Cc1nnn(-c2cccc(C(=O)O)c2)c1-c1ccncc1. The first-order chi connectivity index (χ1) is 10.7. The molecule has 0 saturated carbocycles. The van der Waals surface area contributed by atoms with Crippen molar-refractivity contribution < 1.29 is 14.7 Å². The van der Waals surface area contributed by atoms with Gasteiger partial charge in [-0.25, -0.2) is 9.48 Å². The first-order valence-electron chi connectivity index (χ1n) is 6.35. The van der Waals surface area contributed by atoms with E-state index in [-0.39, 0.29) is 11.3 Å². The predicted octanol–water partition coefficient (Wildman–Crippen LogP) is 1.84. The summed E-state index contributed by atoms with van der Waals surface area (Å²) in [6.07, 6.45) is 3.80. The standard InChI is InChI=1S/C15H10N4O3/c20-9-13-14(10-4-6-16-7-5-10)19(18-17-13)12-3-1-2-11(8-12)15(21)22/h1-9H,(H,21,22). The number of carboxylic acid groups (broad SMARTS) is 1. The average molecular weight is 294 g/mol. The average Bonchev–Trinajstić information content (AvgIpc) is 2.99. The summed E-state index contributed by atoms with van der Waals surface area (Å²) in [5.74, 6) is -1.04. The third-order valence-corrected chi connectivity index (χ3v) is 3.10. The third-order valence-electron chi connectivity index (χ3n) is 3.10. The lowest BCUT2D eigenvalue weighted by Crippen LogP contribution is -2.03. The molecule has 7 heteroatoms. The number of aldehydes is 1. The molecular formula is C15H10N4O3. The van der Waals surface area contributed by atoms with Crippen LogP contribution in [-0.2, 0) is 0 Å². The molecule has 108 valence electrons. The van der Waals surface area contributed by atoms with Gasteiger partial charge in [0.1, 0.15) is 5.69 Å². The summed E-state index contributed by atoms with van der Waals surface area (Å²) in [6.45, 7) is 0. The third kappa shape index (κ3) is 2.35. The van der Waals surface area contributed by atoms with Crippen molar-refractivity contribution in [2.45, 2.75) is 0 Å². The smallest absolute Gasteiger partial charge is 0.335 e. The van der Waals surface area contributed by atoms with Gasteiger partial charge in [-0.05, 0) is 30.3 Å². The topological polar surface area (TPSA) is 98.0 Å². The molecule has 0 aliphatic rings. The molecule has 0 bridgehead atoms. The van der Waals surface area contributed by atoms with E-state index in [0.29, 0.717) is 23.2 Å². The van der Waals surface area contributed by atoms with Crippen LogP contribution >= 0.6 is 0 Å². The Balaban J connectivity index is 2.20. The van der Waals surface area contributed by atoms with Crippen molar-refractivity contribution in [2.75, 3.05) is 0 Å². The van der Waals surface area contributed by atoms with Crippen molar-refractivity contribution in [1.82, 2.24) is 20.0 Å². The summed E-state index contributed by atoms with van der Waals surface area (Å²) in [5.41, 5.74) is 2.00. The summed E-state index contributed by atoms with van der Waals surface area (Å²) < 4.78 is 1.44. The maximum atomic E-state index is 11.2. The van der Waals surface area contributed by atoms with Crippen LogP contribution in [-0.4, -0.2) is 37.3 Å². The van der Waals surface area contributed by atoms with Gasteiger partial charge < -0.3 is 5.11 Å². The molecule has 2 aromatic heterocycles. The number of carbonyl (C=O) groups is 2. The molecule has 0 amide bonds. The van der Waals surface area contributed by atoms with Crippen molar-refractivity contribution in [3.8, 4) is 16.9 Å². The second-order valence-electron chi connectivity index (χ2n) is 4.44. The molecule has 1 N–H and O–H groups in total. The number of pyridine rings is 1. The van der Waals surface area contributed by atoms with Gasteiger partial charge >= 0.3 is 5.97 Å². The molecule has 0 saturated heterocycles. The quantitative estimate of drug-likeness (QED) is 0.737. The minimum absolute atomic E-state index is 0.126. The highest BCUT2D eigenvalue weighted by atomic mass is 16.4. The molecule has 0 atom stereocenters. The Morgan fingerprint density at radius 1 is 1.18 bits per heavy atom. The van der Waals surface area contributed by atoms with Crippen LogP contribution in [0.4, 0.5) is 0 Å². The molecule has 1 aromatic carbocycles. The number of nitrogens with zero attached hydrogens (tertiary/aromatic N) is 4. The Bertz CT molecular complexity index is 843. The molecule has 7 nitrogen and oxygen atoms in total. The largest absolute Gasteiger partial charge is 0.478 e. The van der Waals surface area contributed by atoms with Crippen LogP contribution in [0.3, 0.4) is 0 Å². The van der Waals surface area contributed by atoms with Crippen LogP contribution in [0.15, 0.2) is 48.8 Å². The van der Waals surface area contributed by atoms with Crippen molar-refractivity contribution in [2.24, 2.45) is 0 Å². The van der Waals surface area contributed by atoms with Gasteiger partial charge in [-0.1, -0.05) is 11.3 Å². The monoisotopic (exact) mass is 294 g/mol. The Morgan fingerprint density at radius 3 is 2.64 bits per heavy atom. The number of carboxylic acids is 1. The Kier molecular flexibility index (Phi) is 3.45. The van der Waals surface area contributed by atoms with E-state index in [4.69, 9.17) is 5.11 Å². The van der Waals surface area contributed by atoms with Crippen LogP contribution in [0, 0.1) is 0 Å². The second-order valence-corrected chi connectivity index (χ2v) is 4.44. The van der Waals surface area contributed by atoms with E-state index in [9.17, 15) is 9.59 Å². The molecule has 0 aliphatic heterocycles. The van der Waals surface area contributed by atoms with Crippen LogP contribution in [0.2, 0.25) is 0 Å². The molecule has 2 heterocycles. The molecule has 0 unspecified atom stereocenters. The fourth-order valence-electron chi connectivity index (χ4n) is 2.10. The Morgan fingerprint density at radius 2 is 1.95 bits per heavy atom. The van der Waals surface area contributed by atoms with Gasteiger partial charge in [-0.2, -0.15) is 0 Å². The molecule has 3 rings (SSSR count). The molecule has 3 aromatic rings. The highest BCUT2D eigenvalue weighted by Gasteiger charge is 2.16. The molecule has 0 spiro atoms. The van der Waals surface area contributed by atoms with Crippen LogP contribution in [0.5, 0.6) is 0 Å². The molecule has 22 heavy (non-hydrogen) atoms. The van der Waals surface area contributed by atoms with Crippen LogP contribution in [0.25, 0.3) is 16.9 Å². The Hall–Kier alpha value is -3.35. The number of aromatic carboxylic acids is 1. The number of benzene rings is 1. The van der Waals surface area contributed by atoms with E-state index in [0.717, 1.165) is 0 Å². The van der Waals surface area contributed by atoms with Gasteiger partial charge in [0.05, 0.1) is 11.3 Å². The van der Waals surface area contributed by atoms with Crippen molar-refractivity contribution in [1.29, 1.82) is 0 Å². The predicted molar refractivity (Wildman–Crippen MR) is 76.9 cm³/mol. The van der Waals surface area contributed by atoms with Gasteiger partial charge in [0.25, 0.3) is 0 Å². The molecule has 0 radical (unpaired) electrons. The van der Waals surface area contributed by atoms with E-state index < -0.39 is 5.97 Å². The summed E-state index contributed by atoms with van der Waals surface area (Å²) in [6, 6.07) is 9.70. The van der Waals surface area contributed by atoms with Crippen molar-refractivity contribution >= 4 is 12.3 Å². The summed E-state index contributed by atoms with van der Waals surface area (Å²) in [4.78, 5) is 26.2.